The van der Waals surface area contributed by atoms with Crippen molar-refractivity contribution in [2.75, 3.05) is 6.54 Å². The molecule has 0 bridgehead atoms. The summed E-state index contributed by atoms with van der Waals surface area (Å²) in [5.41, 5.74) is 1.88. The van der Waals surface area contributed by atoms with Crippen LogP contribution in [0.25, 0.3) is 0 Å². The van der Waals surface area contributed by atoms with Crippen LogP contribution in [0.2, 0.25) is 0 Å². The molecule has 2 aliphatic carbocycles. The highest BCUT2D eigenvalue weighted by molar-refractivity contribution is 5.79. The van der Waals surface area contributed by atoms with Gasteiger partial charge in [0.05, 0.1) is 17.9 Å². The van der Waals surface area contributed by atoms with Gasteiger partial charge in [0, 0.05) is 19.0 Å². The van der Waals surface area contributed by atoms with E-state index < -0.39 is 6.10 Å². The Labute approximate surface area is 131 Å². The second kappa shape index (κ2) is 5.69. The number of carbonyl (C=O) groups excluding carboxylic acids is 1. The molecule has 1 aromatic heterocycles. The maximum absolute atomic E-state index is 12.7. The zero-order valence-corrected chi connectivity index (χ0v) is 13.1. The molecule has 0 radical (unpaired) electrons. The summed E-state index contributed by atoms with van der Waals surface area (Å²) in [7, 11) is 0. The second-order valence-electron chi connectivity index (χ2n) is 7.16. The van der Waals surface area contributed by atoms with E-state index in [1.807, 2.05) is 15.6 Å². The Bertz CT molecular complexity index is 558. The van der Waals surface area contributed by atoms with E-state index >= 15 is 0 Å². The van der Waals surface area contributed by atoms with Gasteiger partial charge in [-0.2, -0.15) is 5.10 Å². The molecule has 1 aliphatic heterocycles. The third kappa shape index (κ3) is 2.67. The Hall–Kier alpha value is -1.36. The van der Waals surface area contributed by atoms with E-state index in [2.05, 4.69) is 5.10 Å². The van der Waals surface area contributed by atoms with Crippen molar-refractivity contribution in [3.8, 4) is 0 Å². The summed E-state index contributed by atoms with van der Waals surface area (Å²) in [6.07, 6.45) is 7.25. The van der Waals surface area contributed by atoms with Gasteiger partial charge >= 0.3 is 0 Å². The minimum Gasteiger partial charge on any atom is -0.386 e. The molecule has 5 heteroatoms. The quantitative estimate of drug-likeness (QED) is 0.931. The van der Waals surface area contributed by atoms with Crippen LogP contribution < -0.4 is 0 Å². The second-order valence-corrected chi connectivity index (χ2v) is 7.16. The minimum atomic E-state index is -0.418. The predicted molar refractivity (Wildman–Crippen MR) is 81.9 cm³/mol. The van der Waals surface area contributed by atoms with Gasteiger partial charge in [-0.05, 0) is 44.1 Å². The third-order valence-corrected chi connectivity index (χ3v) is 5.42. The molecule has 2 fully saturated rings. The third-order valence-electron chi connectivity index (χ3n) is 5.42. The Morgan fingerprint density at radius 3 is 2.68 bits per heavy atom. The summed E-state index contributed by atoms with van der Waals surface area (Å²) in [4.78, 5) is 14.7. The summed E-state index contributed by atoms with van der Waals surface area (Å²) < 4.78 is 2.00. The summed E-state index contributed by atoms with van der Waals surface area (Å²) >= 11 is 0. The molecule has 4 rings (SSSR count). The van der Waals surface area contributed by atoms with Gasteiger partial charge in [-0.25, -0.2) is 0 Å². The average molecular weight is 303 g/mol. The molecular weight excluding hydrogens is 278 g/mol. The van der Waals surface area contributed by atoms with Crippen molar-refractivity contribution in [1.82, 2.24) is 14.7 Å². The summed E-state index contributed by atoms with van der Waals surface area (Å²) in [5.74, 6) is 0.970. The maximum atomic E-state index is 12.7. The van der Waals surface area contributed by atoms with Crippen molar-refractivity contribution in [2.24, 2.45) is 11.8 Å². The first-order valence-corrected chi connectivity index (χ1v) is 8.76. The molecule has 3 aliphatic rings. The van der Waals surface area contributed by atoms with Crippen LogP contribution in [0.1, 0.15) is 62.4 Å². The first kappa shape index (κ1) is 14.2. The Kier molecular flexibility index (Phi) is 3.68. The number of carbonyl (C=O) groups is 1. The van der Waals surface area contributed by atoms with Gasteiger partial charge in [0.25, 0.3) is 0 Å². The van der Waals surface area contributed by atoms with Crippen LogP contribution in [0, 0.1) is 11.8 Å². The molecule has 0 saturated heterocycles. The summed E-state index contributed by atoms with van der Waals surface area (Å²) in [6, 6.07) is 2.02. The van der Waals surface area contributed by atoms with Gasteiger partial charge in [-0.15, -0.1) is 0 Å². The van der Waals surface area contributed by atoms with Crippen molar-refractivity contribution in [1.29, 1.82) is 0 Å². The van der Waals surface area contributed by atoms with Crippen LogP contribution in [0.3, 0.4) is 0 Å². The van der Waals surface area contributed by atoms with E-state index in [9.17, 15) is 9.90 Å². The number of aromatic nitrogens is 2. The number of fused-ring (bicyclic) bond motifs is 1. The molecule has 0 aromatic carbocycles. The lowest BCUT2D eigenvalue weighted by molar-refractivity contribution is -0.135. The first-order chi connectivity index (χ1) is 10.7. The molecular formula is C17H25N3O2. The predicted octanol–water partition coefficient (Wildman–Crippen LogP) is 2.25. The molecule has 1 N–H and O–H groups in total. The molecule has 1 atom stereocenters. The SMILES string of the molecule is O=C(C1CCCC1)N1CCCn2nc([C@H](O)C3CC3)cc2C1. The number of hydrogen-bond donors (Lipinski definition) is 1. The highest BCUT2D eigenvalue weighted by Gasteiger charge is 2.34. The monoisotopic (exact) mass is 303 g/mol. The first-order valence-electron chi connectivity index (χ1n) is 8.76. The number of hydrogen-bond acceptors (Lipinski definition) is 3. The molecule has 0 unspecified atom stereocenters. The van der Waals surface area contributed by atoms with Gasteiger partial charge in [0.2, 0.25) is 5.91 Å². The molecule has 1 amide bonds. The van der Waals surface area contributed by atoms with Gasteiger partial charge in [0.1, 0.15) is 6.10 Å². The number of amides is 1. The number of rotatable bonds is 3. The maximum Gasteiger partial charge on any atom is 0.226 e. The van der Waals surface area contributed by atoms with Gasteiger partial charge in [-0.3, -0.25) is 9.48 Å². The van der Waals surface area contributed by atoms with Crippen molar-refractivity contribution < 1.29 is 9.90 Å². The molecule has 1 aromatic rings. The van der Waals surface area contributed by atoms with Crippen molar-refractivity contribution in [2.45, 2.75) is 64.1 Å². The van der Waals surface area contributed by atoms with E-state index in [-0.39, 0.29) is 5.92 Å². The van der Waals surface area contributed by atoms with E-state index in [0.717, 1.165) is 56.6 Å². The Morgan fingerprint density at radius 1 is 1.18 bits per heavy atom. The number of aliphatic hydroxyl groups excluding tert-OH is 1. The standard InChI is InChI=1S/C17H25N3O2/c21-16(12-6-7-12)15-10-14-11-19(8-3-9-20(14)18-15)17(22)13-4-1-2-5-13/h10,12-13,16,21H,1-9,11H2/t16-/m1/s1. The van der Waals surface area contributed by atoms with Crippen LogP contribution in [0.5, 0.6) is 0 Å². The molecule has 2 heterocycles. The smallest absolute Gasteiger partial charge is 0.226 e. The van der Waals surface area contributed by atoms with Crippen LogP contribution in [0.15, 0.2) is 6.07 Å². The van der Waals surface area contributed by atoms with Crippen LogP contribution in [-0.2, 0) is 17.9 Å². The van der Waals surface area contributed by atoms with Gasteiger partial charge in [0.15, 0.2) is 0 Å². The molecule has 22 heavy (non-hydrogen) atoms. The Morgan fingerprint density at radius 2 is 1.95 bits per heavy atom. The lowest BCUT2D eigenvalue weighted by Crippen LogP contribution is -2.35. The fraction of sp³-hybridized carbons (Fsp3) is 0.765. The van der Waals surface area contributed by atoms with E-state index in [1.54, 1.807) is 0 Å². The van der Waals surface area contributed by atoms with Gasteiger partial charge in [-0.1, -0.05) is 12.8 Å². The Balaban J connectivity index is 1.50. The minimum absolute atomic E-state index is 0.242. The summed E-state index contributed by atoms with van der Waals surface area (Å²) in [6.45, 7) is 2.33. The summed E-state index contributed by atoms with van der Waals surface area (Å²) in [5, 5.41) is 14.9. The van der Waals surface area contributed by atoms with E-state index in [1.165, 1.54) is 12.8 Å². The highest BCUT2D eigenvalue weighted by Crippen LogP contribution is 2.40. The van der Waals surface area contributed by atoms with Crippen molar-refractivity contribution in [3.63, 3.8) is 0 Å². The van der Waals surface area contributed by atoms with Crippen LogP contribution in [-0.4, -0.2) is 32.2 Å². The molecule has 120 valence electrons. The van der Waals surface area contributed by atoms with Crippen molar-refractivity contribution in [3.05, 3.63) is 17.5 Å². The molecule has 0 spiro atoms. The normalized spacial score (nSPS) is 24.1. The fourth-order valence-corrected chi connectivity index (χ4v) is 3.90. The van der Waals surface area contributed by atoms with Gasteiger partial charge < -0.3 is 10.0 Å². The zero-order chi connectivity index (χ0) is 15.1. The number of nitrogens with zero attached hydrogens (tertiary/aromatic N) is 3. The van der Waals surface area contributed by atoms with Crippen LogP contribution >= 0.6 is 0 Å². The highest BCUT2D eigenvalue weighted by atomic mass is 16.3. The lowest BCUT2D eigenvalue weighted by Gasteiger charge is -2.23. The number of aliphatic hydroxyl groups is 1. The van der Waals surface area contributed by atoms with Crippen LogP contribution in [0.4, 0.5) is 0 Å². The zero-order valence-electron chi connectivity index (χ0n) is 13.1. The molecule has 5 nitrogen and oxygen atoms in total. The average Bonchev–Trinajstić information content (AvgIpc) is 3.15. The largest absolute Gasteiger partial charge is 0.386 e. The lowest BCUT2D eigenvalue weighted by atomic mass is 10.1. The van der Waals surface area contributed by atoms with Crippen molar-refractivity contribution >= 4 is 5.91 Å². The fourth-order valence-electron chi connectivity index (χ4n) is 3.90. The van der Waals surface area contributed by atoms with E-state index in [4.69, 9.17) is 0 Å². The topological polar surface area (TPSA) is 58.4 Å². The number of aryl methyl sites for hydroxylation is 1. The molecule has 2 saturated carbocycles. The van der Waals surface area contributed by atoms with E-state index in [0.29, 0.717) is 18.4 Å².